The molecular formula is C22H34IN5O3. The number of nitrogens with one attached hydrogen (secondary N) is 1. The van der Waals surface area contributed by atoms with Crippen molar-refractivity contribution in [3.63, 3.8) is 0 Å². The lowest BCUT2D eigenvalue weighted by molar-refractivity contribution is 0.125. The van der Waals surface area contributed by atoms with Crippen molar-refractivity contribution in [2.24, 2.45) is 4.99 Å². The number of hydrogen-bond donors (Lipinski definition) is 1. The van der Waals surface area contributed by atoms with Gasteiger partial charge in [0.25, 0.3) is 0 Å². The molecule has 0 saturated carbocycles. The lowest BCUT2D eigenvalue weighted by Gasteiger charge is -2.36. The first kappa shape index (κ1) is 25.4. The molecule has 1 aliphatic heterocycles. The molecule has 8 nitrogen and oxygen atoms in total. The van der Waals surface area contributed by atoms with Crippen LogP contribution < -0.4 is 10.1 Å². The van der Waals surface area contributed by atoms with Gasteiger partial charge >= 0.3 is 0 Å². The molecule has 1 aliphatic rings. The topological polar surface area (TPSA) is 75.4 Å². The van der Waals surface area contributed by atoms with Crippen molar-refractivity contribution in [2.75, 3.05) is 53.0 Å². The van der Waals surface area contributed by atoms with Crippen LogP contribution in [-0.4, -0.2) is 73.9 Å². The highest BCUT2D eigenvalue weighted by Crippen LogP contribution is 2.17. The molecule has 1 N–H and O–H groups in total. The SMILES string of the molecule is CCNC(=NCCOCc1ccccc1OC)N1CCN(Cc2cc(C)on2)CC1.I. The Morgan fingerprint density at radius 1 is 1.23 bits per heavy atom. The number of para-hydroxylation sites is 1. The summed E-state index contributed by atoms with van der Waals surface area (Å²) >= 11 is 0. The van der Waals surface area contributed by atoms with Crippen LogP contribution in [0.25, 0.3) is 0 Å². The van der Waals surface area contributed by atoms with Gasteiger partial charge in [-0.05, 0) is 19.9 Å². The van der Waals surface area contributed by atoms with Gasteiger partial charge < -0.3 is 24.2 Å². The molecule has 1 saturated heterocycles. The van der Waals surface area contributed by atoms with Gasteiger partial charge in [-0.3, -0.25) is 9.89 Å². The molecule has 0 spiro atoms. The molecule has 0 radical (unpaired) electrons. The predicted octanol–water partition coefficient (Wildman–Crippen LogP) is 2.91. The minimum Gasteiger partial charge on any atom is -0.496 e. The third-order valence-corrected chi connectivity index (χ3v) is 5.02. The Hall–Kier alpha value is -1.85. The van der Waals surface area contributed by atoms with Crippen molar-refractivity contribution in [3.05, 3.63) is 47.3 Å². The smallest absolute Gasteiger partial charge is 0.194 e. The van der Waals surface area contributed by atoms with E-state index >= 15 is 0 Å². The molecule has 0 unspecified atom stereocenters. The summed E-state index contributed by atoms with van der Waals surface area (Å²) in [5, 5.41) is 7.50. The first-order valence-electron chi connectivity index (χ1n) is 10.6. The number of hydrogen-bond acceptors (Lipinski definition) is 6. The number of rotatable bonds is 9. The second kappa shape index (κ2) is 13.5. The molecule has 1 aromatic carbocycles. The maximum absolute atomic E-state index is 5.81. The number of aliphatic imine (C=N–C) groups is 1. The van der Waals surface area contributed by atoms with Crippen molar-refractivity contribution >= 4 is 29.9 Å². The predicted molar refractivity (Wildman–Crippen MR) is 132 cm³/mol. The Morgan fingerprint density at radius 2 is 2.00 bits per heavy atom. The fourth-order valence-corrected chi connectivity index (χ4v) is 3.49. The average molecular weight is 543 g/mol. The molecule has 172 valence electrons. The van der Waals surface area contributed by atoms with E-state index in [-0.39, 0.29) is 24.0 Å². The van der Waals surface area contributed by atoms with E-state index in [1.54, 1.807) is 7.11 Å². The number of halogens is 1. The van der Waals surface area contributed by atoms with E-state index in [1.807, 2.05) is 37.3 Å². The standard InChI is InChI=1S/C22H33N5O3.HI/c1-4-23-22(24-9-14-29-17-19-7-5-6-8-21(19)28-3)27-12-10-26(11-13-27)16-20-15-18(2)30-25-20;/h5-8,15H,4,9-14,16-17H2,1-3H3,(H,23,24);1H. The Morgan fingerprint density at radius 3 is 2.68 bits per heavy atom. The lowest BCUT2D eigenvalue weighted by atomic mass is 10.2. The van der Waals surface area contributed by atoms with E-state index in [0.29, 0.717) is 19.8 Å². The number of benzene rings is 1. The van der Waals surface area contributed by atoms with Gasteiger partial charge in [0.05, 0.1) is 32.6 Å². The molecule has 2 aromatic rings. The summed E-state index contributed by atoms with van der Waals surface area (Å²) in [4.78, 5) is 9.46. The highest BCUT2D eigenvalue weighted by Gasteiger charge is 2.20. The van der Waals surface area contributed by atoms with Crippen LogP contribution in [0.2, 0.25) is 0 Å². The fraction of sp³-hybridized carbons (Fsp3) is 0.545. The van der Waals surface area contributed by atoms with Crippen molar-refractivity contribution in [1.82, 2.24) is 20.3 Å². The van der Waals surface area contributed by atoms with Crippen molar-refractivity contribution in [3.8, 4) is 5.75 Å². The molecule has 0 bridgehead atoms. The Kier molecular flexibility index (Phi) is 11.1. The van der Waals surface area contributed by atoms with E-state index in [4.69, 9.17) is 19.0 Å². The molecule has 3 rings (SSSR count). The van der Waals surface area contributed by atoms with Gasteiger partial charge in [0.1, 0.15) is 11.5 Å². The molecular weight excluding hydrogens is 509 g/mol. The van der Waals surface area contributed by atoms with Crippen LogP contribution in [0.1, 0.15) is 23.9 Å². The number of methoxy groups -OCH3 is 1. The third-order valence-electron chi connectivity index (χ3n) is 5.02. The summed E-state index contributed by atoms with van der Waals surface area (Å²) in [5.41, 5.74) is 2.04. The normalized spacial score (nSPS) is 14.9. The van der Waals surface area contributed by atoms with Crippen LogP contribution in [-0.2, 0) is 17.9 Å². The van der Waals surface area contributed by atoms with Gasteiger partial charge in [-0.15, -0.1) is 24.0 Å². The molecule has 2 heterocycles. The summed E-state index contributed by atoms with van der Waals surface area (Å²) in [7, 11) is 1.68. The highest BCUT2D eigenvalue weighted by atomic mass is 127. The molecule has 0 atom stereocenters. The fourth-order valence-electron chi connectivity index (χ4n) is 3.49. The Balaban J connectivity index is 0.00000341. The van der Waals surface area contributed by atoms with Gasteiger partial charge in [0, 0.05) is 50.9 Å². The van der Waals surface area contributed by atoms with E-state index < -0.39 is 0 Å². The molecule has 0 aliphatic carbocycles. The van der Waals surface area contributed by atoms with Gasteiger partial charge in [-0.1, -0.05) is 23.4 Å². The highest BCUT2D eigenvalue weighted by molar-refractivity contribution is 14.0. The monoisotopic (exact) mass is 543 g/mol. The van der Waals surface area contributed by atoms with Crippen LogP contribution in [0.15, 0.2) is 39.8 Å². The number of ether oxygens (including phenoxy) is 2. The van der Waals surface area contributed by atoms with Gasteiger partial charge in [0.2, 0.25) is 0 Å². The van der Waals surface area contributed by atoms with Gasteiger partial charge in [-0.25, -0.2) is 0 Å². The van der Waals surface area contributed by atoms with Crippen LogP contribution in [0.3, 0.4) is 0 Å². The first-order chi connectivity index (χ1) is 14.7. The summed E-state index contributed by atoms with van der Waals surface area (Å²) < 4.78 is 16.3. The third kappa shape index (κ3) is 7.97. The second-order valence-electron chi connectivity index (χ2n) is 7.29. The average Bonchev–Trinajstić information content (AvgIpc) is 3.18. The van der Waals surface area contributed by atoms with Crippen LogP contribution in [0, 0.1) is 6.92 Å². The second-order valence-corrected chi connectivity index (χ2v) is 7.29. The zero-order chi connectivity index (χ0) is 21.2. The van der Waals surface area contributed by atoms with E-state index in [0.717, 1.165) is 68.0 Å². The van der Waals surface area contributed by atoms with Gasteiger partial charge in [0.15, 0.2) is 5.96 Å². The zero-order valence-electron chi connectivity index (χ0n) is 18.7. The molecule has 9 heteroatoms. The minimum atomic E-state index is 0. The van der Waals surface area contributed by atoms with E-state index in [1.165, 1.54) is 0 Å². The van der Waals surface area contributed by atoms with E-state index in [2.05, 4.69) is 27.2 Å². The summed E-state index contributed by atoms with van der Waals surface area (Å²) in [5.74, 6) is 2.67. The van der Waals surface area contributed by atoms with Crippen molar-refractivity contribution in [1.29, 1.82) is 0 Å². The molecule has 31 heavy (non-hydrogen) atoms. The number of nitrogens with zero attached hydrogens (tertiary/aromatic N) is 4. The summed E-state index contributed by atoms with van der Waals surface area (Å²) in [6.45, 7) is 11.2. The summed E-state index contributed by atoms with van der Waals surface area (Å²) in [6, 6.07) is 9.92. The lowest BCUT2D eigenvalue weighted by Crippen LogP contribution is -2.52. The zero-order valence-corrected chi connectivity index (χ0v) is 21.0. The Bertz CT molecular complexity index is 806. The maximum Gasteiger partial charge on any atom is 0.194 e. The number of aryl methyl sites for hydroxylation is 1. The molecule has 0 amide bonds. The van der Waals surface area contributed by atoms with Crippen LogP contribution in [0.5, 0.6) is 5.75 Å². The van der Waals surface area contributed by atoms with Crippen molar-refractivity contribution < 1.29 is 14.0 Å². The van der Waals surface area contributed by atoms with Crippen molar-refractivity contribution in [2.45, 2.75) is 27.0 Å². The number of guanidine groups is 1. The minimum absolute atomic E-state index is 0. The quantitative estimate of drug-likeness (QED) is 0.226. The van der Waals surface area contributed by atoms with E-state index in [9.17, 15) is 0 Å². The van der Waals surface area contributed by atoms with Crippen LogP contribution in [0.4, 0.5) is 0 Å². The maximum atomic E-state index is 5.81. The largest absolute Gasteiger partial charge is 0.496 e. The van der Waals surface area contributed by atoms with Gasteiger partial charge in [-0.2, -0.15) is 0 Å². The first-order valence-corrected chi connectivity index (χ1v) is 10.6. The summed E-state index contributed by atoms with van der Waals surface area (Å²) in [6.07, 6.45) is 0. The van der Waals surface area contributed by atoms with Crippen LogP contribution >= 0.6 is 24.0 Å². The molecule has 1 aromatic heterocycles. The number of aromatic nitrogens is 1. The number of piperazine rings is 1. The molecule has 1 fully saturated rings. The Labute approximate surface area is 202 Å².